The molecule has 1 aromatic rings. The van der Waals surface area contributed by atoms with Gasteiger partial charge in [0.25, 0.3) is 11.8 Å². The van der Waals surface area contributed by atoms with Gasteiger partial charge in [-0.3, -0.25) is 9.59 Å². The fourth-order valence-electron chi connectivity index (χ4n) is 3.09. The van der Waals surface area contributed by atoms with Crippen LogP contribution < -0.4 is 15.4 Å². The molecule has 0 aromatic heterocycles. The van der Waals surface area contributed by atoms with Gasteiger partial charge in [0.1, 0.15) is 18.5 Å². The molecule has 2 aliphatic heterocycles. The summed E-state index contributed by atoms with van der Waals surface area (Å²) in [5, 5.41) is 5.43. The summed E-state index contributed by atoms with van der Waals surface area (Å²) in [4.78, 5) is 24.7. The minimum atomic E-state index is -0.649. The van der Waals surface area contributed by atoms with Gasteiger partial charge >= 0.3 is 0 Å². The van der Waals surface area contributed by atoms with Crippen molar-refractivity contribution in [3.63, 3.8) is 0 Å². The van der Waals surface area contributed by atoms with Gasteiger partial charge in [-0.15, -0.1) is 0 Å². The quantitative estimate of drug-likeness (QED) is 0.871. The SMILES string of the molecule is CNC(=O)c1cc(C(=O)NC2CCOC2)cc2c1O[C@H](CF)[C@H]2C. The Bertz CT molecular complexity index is 658. The van der Waals surface area contributed by atoms with Crippen LogP contribution in [-0.2, 0) is 4.74 Å². The summed E-state index contributed by atoms with van der Waals surface area (Å²) in [7, 11) is 1.50. The first-order valence-electron chi connectivity index (χ1n) is 8.06. The van der Waals surface area contributed by atoms with E-state index >= 15 is 0 Å². The summed E-state index contributed by atoms with van der Waals surface area (Å²) in [5.74, 6) is -0.493. The van der Waals surface area contributed by atoms with Crippen LogP contribution in [0, 0.1) is 0 Å². The van der Waals surface area contributed by atoms with Gasteiger partial charge in [-0.2, -0.15) is 0 Å². The second kappa shape index (κ2) is 6.76. The van der Waals surface area contributed by atoms with E-state index in [2.05, 4.69) is 10.6 Å². The molecule has 0 saturated carbocycles. The number of alkyl halides is 1. The first-order chi connectivity index (χ1) is 11.5. The van der Waals surface area contributed by atoms with Crippen LogP contribution in [0.2, 0.25) is 0 Å². The lowest BCUT2D eigenvalue weighted by atomic mass is 9.93. The highest BCUT2D eigenvalue weighted by Gasteiger charge is 2.35. The molecule has 2 aliphatic rings. The van der Waals surface area contributed by atoms with Crippen LogP contribution in [0.15, 0.2) is 12.1 Å². The van der Waals surface area contributed by atoms with E-state index in [1.807, 2.05) is 6.92 Å². The van der Waals surface area contributed by atoms with Crippen LogP contribution in [0.1, 0.15) is 45.5 Å². The molecule has 2 heterocycles. The van der Waals surface area contributed by atoms with Crippen LogP contribution in [0.4, 0.5) is 4.39 Å². The van der Waals surface area contributed by atoms with E-state index in [1.165, 1.54) is 13.1 Å². The highest BCUT2D eigenvalue weighted by Crippen LogP contribution is 2.41. The van der Waals surface area contributed by atoms with E-state index in [1.54, 1.807) is 6.07 Å². The molecule has 1 unspecified atom stereocenters. The molecule has 2 N–H and O–H groups in total. The van der Waals surface area contributed by atoms with Crippen molar-refractivity contribution in [2.45, 2.75) is 31.4 Å². The number of hydrogen-bond acceptors (Lipinski definition) is 4. The molecule has 3 atom stereocenters. The van der Waals surface area contributed by atoms with Crippen molar-refractivity contribution in [1.29, 1.82) is 0 Å². The number of fused-ring (bicyclic) bond motifs is 1. The van der Waals surface area contributed by atoms with Crippen molar-refractivity contribution in [2.75, 3.05) is 26.9 Å². The van der Waals surface area contributed by atoms with Crippen molar-refractivity contribution >= 4 is 11.8 Å². The molecule has 0 spiro atoms. The summed E-state index contributed by atoms with van der Waals surface area (Å²) >= 11 is 0. The van der Waals surface area contributed by atoms with Gasteiger partial charge in [-0.05, 0) is 18.6 Å². The van der Waals surface area contributed by atoms with Crippen LogP contribution in [0.25, 0.3) is 0 Å². The summed E-state index contributed by atoms with van der Waals surface area (Å²) in [6.45, 7) is 2.30. The molecule has 0 aliphatic carbocycles. The van der Waals surface area contributed by atoms with E-state index in [-0.39, 0.29) is 29.3 Å². The molecular weight excluding hydrogens is 315 g/mol. The maximum absolute atomic E-state index is 13.1. The van der Waals surface area contributed by atoms with Crippen LogP contribution in [0.3, 0.4) is 0 Å². The lowest BCUT2D eigenvalue weighted by Gasteiger charge is -2.13. The van der Waals surface area contributed by atoms with E-state index in [9.17, 15) is 14.0 Å². The molecule has 130 valence electrons. The Hall–Kier alpha value is -2.15. The molecule has 3 rings (SSSR count). The highest BCUT2D eigenvalue weighted by atomic mass is 19.1. The normalized spacial score (nSPS) is 25.0. The smallest absolute Gasteiger partial charge is 0.254 e. The van der Waals surface area contributed by atoms with Gasteiger partial charge < -0.3 is 20.1 Å². The molecular formula is C17H21FN2O4. The van der Waals surface area contributed by atoms with Crippen molar-refractivity contribution in [1.82, 2.24) is 10.6 Å². The Morgan fingerprint density at radius 2 is 2.12 bits per heavy atom. The maximum Gasteiger partial charge on any atom is 0.254 e. The second-order valence-corrected chi connectivity index (χ2v) is 6.15. The number of amides is 2. The largest absolute Gasteiger partial charge is 0.486 e. The lowest BCUT2D eigenvalue weighted by Crippen LogP contribution is -2.35. The number of nitrogens with one attached hydrogen (secondary N) is 2. The summed E-state index contributed by atoms with van der Waals surface area (Å²) < 4.78 is 24.0. The van der Waals surface area contributed by atoms with Gasteiger partial charge in [-0.1, -0.05) is 6.92 Å². The third-order valence-corrected chi connectivity index (χ3v) is 4.59. The first kappa shape index (κ1) is 16.7. The zero-order valence-electron chi connectivity index (χ0n) is 13.7. The summed E-state index contributed by atoms with van der Waals surface area (Å²) in [6, 6.07) is 3.16. The molecule has 0 bridgehead atoms. The van der Waals surface area contributed by atoms with Crippen molar-refractivity contribution < 1.29 is 23.5 Å². The van der Waals surface area contributed by atoms with E-state index < -0.39 is 12.8 Å². The van der Waals surface area contributed by atoms with Crippen molar-refractivity contribution in [3.8, 4) is 5.75 Å². The van der Waals surface area contributed by atoms with Gasteiger partial charge in [0.05, 0.1) is 18.2 Å². The number of hydrogen-bond donors (Lipinski definition) is 2. The monoisotopic (exact) mass is 336 g/mol. The molecule has 1 aromatic carbocycles. The fourth-order valence-corrected chi connectivity index (χ4v) is 3.09. The Kier molecular flexibility index (Phi) is 4.71. The third-order valence-electron chi connectivity index (χ3n) is 4.59. The van der Waals surface area contributed by atoms with E-state index in [4.69, 9.17) is 9.47 Å². The Balaban J connectivity index is 1.95. The zero-order chi connectivity index (χ0) is 17.3. The minimum Gasteiger partial charge on any atom is -0.486 e. The molecule has 1 saturated heterocycles. The number of benzene rings is 1. The molecule has 7 heteroatoms. The van der Waals surface area contributed by atoms with Crippen LogP contribution in [-0.4, -0.2) is 50.9 Å². The Labute approximate surface area is 139 Å². The number of rotatable bonds is 4. The van der Waals surface area contributed by atoms with E-state index in [0.29, 0.717) is 30.1 Å². The maximum atomic E-state index is 13.1. The van der Waals surface area contributed by atoms with Gasteiger partial charge in [-0.25, -0.2) is 4.39 Å². The number of carbonyl (C=O) groups excluding carboxylic acids is 2. The van der Waals surface area contributed by atoms with Crippen LogP contribution >= 0.6 is 0 Å². The van der Waals surface area contributed by atoms with Gasteiger partial charge in [0.2, 0.25) is 0 Å². The third kappa shape index (κ3) is 2.96. The standard InChI is InChI=1S/C17H21FN2O4/c1-9-12-5-10(16(21)20-11-3-4-23-8-11)6-13(17(22)19-2)15(12)24-14(9)7-18/h5-6,9,11,14H,3-4,7-8H2,1-2H3,(H,19,22)(H,20,21)/t9-,11?,14+/m0/s1. The van der Waals surface area contributed by atoms with Crippen molar-refractivity contribution in [2.24, 2.45) is 0 Å². The molecule has 1 fully saturated rings. The van der Waals surface area contributed by atoms with E-state index in [0.717, 1.165) is 6.42 Å². The zero-order valence-corrected chi connectivity index (χ0v) is 13.7. The summed E-state index contributed by atoms with van der Waals surface area (Å²) in [6.07, 6.45) is 0.132. The molecule has 24 heavy (non-hydrogen) atoms. The molecule has 0 radical (unpaired) electrons. The number of ether oxygens (including phenoxy) is 2. The first-order valence-corrected chi connectivity index (χ1v) is 8.06. The Morgan fingerprint density at radius 1 is 1.33 bits per heavy atom. The van der Waals surface area contributed by atoms with Crippen molar-refractivity contribution in [3.05, 3.63) is 28.8 Å². The minimum absolute atomic E-state index is 0.0264. The topological polar surface area (TPSA) is 76.7 Å². The predicted molar refractivity (Wildman–Crippen MR) is 85.3 cm³/mol. The Morgan fingerprint density at radius 3 is 2.75 bits per heavy atom. The molecule has 2 amide bonds. The predicted octanol–water partition coefficient (Wildman–Crippen LogP) is 1.40. The second-order valence-electron chi connectivity index (χ2n) is 6.15. The molecule has 6 nitrogen and oxygen atoms in total. The lowest BCUT2D eigenvalue weighted by molar-refractivity contribution is 0.0930. The number of carbonyl (C=O) groups is 2. The van der Waals surface area contributed by atoms with Gasteiger partial charge in [0.15, 0.2) is 0 Å². The van der Waals surface area contributed by atoms with Crippen LogP contribution in [0.5, 0.6) is 5.75 Å². The fraction of sp³-hybridized carbons (Fsp3) is 0.529. The average Bonchev–Trinajstić information content (AvgIpc) is 3.21. The summed E-state index contributed by atoms with van der Waals surface area (Å²) in [5.41, 5.74) is 1.31. The van der Waals surface area contributed by atoms with Gasteiger partial charge in [0, 0.05) is 30.7 Å². The number of halogens is 1. The average molecular weight is 336 g/mol. The highest BCUT2D eigenvalue weighted by molar-refractivity contribution is 6.02.